The molecule has 1 fully saturated rings. The number of aromatic nitrogens is 3. The Labute approximate surface area is 143 Å². The highest BCUT2D eigenvalue weighted by Gasteiger charge is 2.45. The third kappa shape index (κ3) is 3.55. The van der Waals surface area contributed by atoms with Gasteiger partial charge in [-0.1, -0.05) is 17.3 Å². The first kappa shape index (κ1) is 17.9. The van der Waals surface area contributed by atoms with Crippen molar-refractivity contribution in [3.8, 4) is 11.3 Å². The van der Waals surface area contributed by atoms with Crippen LogP contribution in [-0.4, -0.2) is 74.9 Å². The minimum atomic E-state index is -1.17. The zero-order valence-electron chi connectivity index (χ0n) is 13.7. The predicted octanol–water partition coefficient (Wildman–Crippen LogP) is -0.674. The molecule has 0 saturated carbocycles. The topological polar surface area (TPSA) is 113 Å². The van der Waals surface area contributed by atoms with E-state index in [4.69, 9.17) is 4.74 Å². The summed E-state index contributed by atoms with van der Waals surface area (Å²) in [7, 11) is 1.71. The fourth-order valence-electron chi connectivity index (χ4n) is 3.06. The molecule has 0 aliphatic carbocycles. The highest BCUT2D eigenvalue weighted by atomic mass is 19.1. The van der Waals surface area contributed by atoms with E-state index in [1.165, 1.54) is 23.0 Å². The lowest BCUT2D eigenvalue weighted by Gasteiger charge is -2.42. The number of hydrogen-bond donors (Lipinski definition) is 4. The van der Waals surface area contributed by atoms with Crippen molar-refractivity contribution >= 4 is 0 Å². The third-order valence-corrected chi connectivity index (χ3v) is 4.33. The maximum atomic E-state index is 13.4. The molecule has 3 rings (SSSR count). The molecule has 1 aromatic heterocycles. The largest absolute Gasteiger partial charge is 0.394 e. The average Bonchev–Trinajstić information content (AvgIpc) is 3.07. The highest BCUT2D eigenvalue weighted by Crippen LogP contribution is 2.30. The summed E-state index contributed by atoms with van der Waals surface area (Å²) >= 11 is 0. The first-order valence-electron chi connectivity index (χ1n) is 8.00. The lowest BCUT2D eigenvalue weighted by Crippen LogP contribution is -2.58. The first-order chi connectivity index (χ1) is 12.0. The Morgan fingerprint density at radius 1 is 1.28 bits per heavy atom. The van der Waals surface area contributed by atoms with Gasteiger partial charge in [-0.05, 0) is 19.2 Å². The normalized spacial score (nSPS) is 29.7. The van der Waals surface area contributed by atoms with Gasteiger partial charge in [0.15, 0.2) is 0 Å². The van der Waals surface area contributed by atoms with E-state index >= 15 is 0 Å². The van der Waals surface area contributed by atoms with Gasteiger partial charge >= 0.3 is 0 Å². The molecule has 3 unspecified atom stereocenters. The maximum absolute atomic E-state index is 13.4. The number of nitrogens with one attached hydrogen (secondary N) is 1. The van der Waals surface area contributed by atoms with E-state index in [0.29, 0.717) is 17.8 Å². The van der Waals surface area contributed by atoms with Crippen LogP contribution in [0.15, 0.2) is 30.5 Å². The average molecular weight is 352 g/mol. The summed E-state index contributed by atoms with van der Waals surface area (Å²) in [6.45, 7) is -0.0532. The van der Waals surface area contributed by atoms with Gasteiger partial charge in [-0.2, -0.15) is 0 Å². The number of rotatable bonds is 5. The van der Waals surface area contributed by atoms with Gasteiger partial charge in [0.05, 0.1) is 18.9 Å². The molecular weight excluding hydrogens is 331 g/mol. The van der Waals surface area contributed by atoms with Crippen molar-refractivity contribution in [2.45, 2.75) is 30.5 Å². The van der Waals surface area contributed by atoms with Crippen LogP contribution < -0.4 is 5.32 Å². The monoisotopic (exact) mass is 352 g/mol. The smallest absolute Gasteiger partial charge is 0.123 e. The van der Waals surface area contributed by atoms with Gasteiger partial charge in [0.25, 0.3) is 0 Å². The van der Waals surface area contributed by atoms with Crippen LogP contribution in [0.2, 0.25) is 0 Å². The Balaban J connectivity index is 1.90. The molecule has 0 amide bonds. The van der Waals surface area contributed by atoms with E-state index in [2.05, 4.69) is 15.6 Å². The fourth-order valence-corrected chi connectivity index (χ4v) is 3.06. The number of aliphatic hydroxyl groups is 3. The molecule has 2 heterocycles. The predicted molar refractivity (Wildman–Crippen MR) is 86.1 cm³/mol. The SMILES string of the molecule is CNC[C@@H]1OC(CO)[C@H](O)C(n2cc(-c3cccc(F)c3)nn2)C1O. The van der Waals surface area contributed by atoms with Crippen LogP contribution in [0.5, 0.6) is 0 Å². The zero-order chi connectivity index (χ0) is 18.0. The Bertz CT molecular complexity index is 713. The van der Waals surface area contributed by atoms with Gasteiger partial charge in [-0.25, -0.2) is 9.07 Å². The van der Waals surface area contributed by atoms with Gasteiger partial charge in [0.2, 0.25) is 0 Å². The quantitative estimate of drug-likeness (QED) is 0.564. The molecule has 5 atom stereocenters. The van der Waals surface area contributed by atoms with E-state index in [1.54, 1.807) is 19.2 Å². The number of hydrogen-bond acceptors (Lipinski definition) is 7. The van der Waals surface area contributed by atoms with E-state index in [-0.39, 0.29) is 0 Å². The molecule has 0 radical (unpaired) electrons. The molecule has 8 nitrogen and oxygen atoms in total. The van der Waals surface area contributed by atoms with Crippen LogP contribution in [0.3, 0.4) is 0 Å². The lowest BCUT2D eigenvalue weighted by atomic mass is 9.92. The van der Waals surface area contributed by atoms with Gasteiger partial charge in [0, 0.05) is 12.1 Å². The van der Waals surface area contributed by atoms with Gasteiger partial charge < -0.3 is 25.4 Å². The number of nitrogens with zero attached hydrogens (tertiary/aromatic N) is 3. The molecule has 136 valence electrons. The van der Waals surface area contributed by atoms with Crippen LogP contribution in [0.4, 0.5) is 4.39 Å². The fraction of sp³-hybridized carbons (Fsp3) is 0.500. The van der Waals surface area contributed by atoms with Crippen LogP contribution in [0.25, 0.3) is 11.3 Å². The second-order valence-corrected chi connectivity index (χ2v) is 6.02. The van der Waals surface area contributed by atoms with Crippen molar-refractivity contribution in [2.24, 2.45) is 0 Å². The Kier molecular flexibility index (Phi) is 5.40. The van der Waals surface area contributed by atoms with Crippen molar-refractivity contribution in [3.63, 3.8) is 0 Å². The van der Waals surface area contributed by atoms with Crippen LogP contribution in [-0.2, 0) is 4.74 Å². The molecule has 0 bridgehead atoms. The van der Waals surface area contributed by atoms with Crippen LogP contribution in [0.1, 0.15) is 6.04 Å². The standard InChI is InChI=1S/C16H21FN4O4/c1-18-6-12-15(23)14(16(24)13(8-22)25-12)21-7-11(19-20-21)9-3-2-4-10(17)5-9/h2-5,7,12-16,18,22-24H,6,8H2,1H3/t12-,13?,14?,15?,16-/m0/s1. The maximum Gasteiger partial charge on any atom is 0.123 e. The molecule has 2 aromatic rings. The number of benzene rings is 1. The van der Waals surface area contributed by atoms with Crippen molar-refractivity contribution in [2.75, 3.05) is 20.2 Å². The molecule has 1 aliphatic heterocycles. The molecular formula is C16H21FN4O4. The molecule has 1 aliphatic rings. The Morgan fingerprint density at radius 2 is 2.04 bits per heavy atom. The van der Waals surface area contributed by atoms with E-state index in [9.17, 15) is 19.7 Å². The molecule has 1 aromatic carbocycles. The number of likely N-dealkylation sites (N-methyl/N-ethyl adjacent to an activating group) is 1. The van der Waals surface area contributed by atoms with Crippen molar-refractivity contribution in [1.82, 2.24) is 20.3 Å². The number of aliphatic hydroxyl groups excluding tert-OH is 3. The number of ether oxygens (including phenoxy) is 1. The molecule has 0 spiro atoms. The van der Waals surface area contributed by atoms with Gasteiger partial charge in [-0.3, -0.25) is 0 Å². The summed E-state index contributed by atoms with van der Waals surface area (Å²) < 4.78 is 20.3. The van der Waals surface area contributed by atoms with Crippen molar-refractivity contribution < 1.29 is 24.4 Å². The second kappa shape index (κ2) is 7.54. The minimum Gasteiger partial charge on any atom is -0.394 e. The summed E-state index contributed by atoms with van der Waals surface area (Å²) in [5.74, 6) is -0.396. The second-order valence-electron chi connectivity index (χ2n) is 6.02. The van der Waals surface area contributed by atoms with Gasteiger partial charge in [-0.15, -0.1) is 5.10 Å². The zero-order valence-corrected chi connectivity index (χ0v) is 13.7. The highest BCUT2D eigenvalue weighted by molar-refractivity contribution is 5.57. The van der Waals surface area contributed by atoms with E-state index in [1.807, 2.05) is 0 Å². The molecule has 1 saturated heterocycles. The Hall–Kier alpha value is -1.91. The summed E-state index contributed by atoms with van der Waals surface area (Å²) in [5.41, 5.74) is 0.948. The van der Waals surface area contributed by atoms with E-state index < -0.39 is 42.9 Å². The lowest BCUT2D eigenvalue weighted by molar-refractivity contribution is -0.203. The van der Waals surface area contributed by atoms with Crippen LogP contribution in [0, 0.1) is 5.82 Å². The minimum absolute atomic E-state index is 0.340. The Morgan fingerprint density at radius 3 is 2.72 bits per heavy atom. The molecule has 25 heavy (non-hydrogen) atoms. The number of halogens is 1. The summed E-state index contributed by atoms with van der Waals surface area (Å²) in [6.07, 6.45) is -2.18. The summed E-state index contributed by atoms with van der Waals surface area (Å²) in [6, 6.07) is 5.06. The summed E-state index contributed by atoms with van der Waals surface area (Å²) in [4.78, 5) is 0. The van der Waals surface area contributed by atoms with Gasteiger partial charge in [0.1, 0.15) is 35.9 Å². The van der Waals surface area contributed by atoms with Crippen LogP contribution >= 0.6 is 0 Å². The van der Waals surface area contributed by atoms with Crippen molar-refractivity contribution in [1.29, 1.82) is 0 Å². The summed E-state index contributed by atoms with van der Waals surface area (Å²) in [5, 5.41) is 41.3. The van der Waals surface area contributed by atoms with E-state index in [0.717, 1.165) is 0 Å². The molecule has 4 N–H and O–H groups in total. The first-order valence-corrected chi connectivity index (χ1v) is 8.00. The van der Waals surface area contributed by atoms with Crippen molar-refractivity contribution in [3.05, 3.63) is 36.3 Å². The third-order valence-electron chi connectivity index (χ3n) is 4.33. The molecule has 9 heteroatoms.